The Kier molecular flexibility index (Phi) is 3.62. The molecule has 0 aliphatic heterocycles. The summed E-state index contributed by atoms with van der Waals surface area (Å²) in [5, 5.41) is 3.40. The summed E-state index contributed by atoms with van der Waals surface area (Å²) in [5.74, 6) is 0. The predicted octanol–water partition coefficient (Wildman–Crippen LogP) is 4.67. The first-order chi connectivity index (χ1) is 9.70. The van der Waals surface area contributed by atoms with Crippen molar-refractivity contribution in [3.8, 4) is 11.1 Å². The SMILES string of the molecule is NCc1ncc(-c2ccccc2Cl)c2ccc(Cl)cc12. The topological polar surface area (TPSA) is 38.9 Å². The fourth-order valence-corrected chi connectivity index (χ4v) is 2.74. The minimum Gasteiger partial charge on any atom is -0.325 e. The van der Waals surface area contributed by atoms with Crippen LogP contribution in [-0.4, -0.2) is 4.98 Å². The lowest BCUT2D eigenvalue weighted by Gasteiger charge is -2.11. The third-order valence-electron chi connectivity index (χ3n) is 3.29. The quantitative estimate of drug-likeness (QED) is 0.747. The molecule has 0 aliphatic carbocycles. The molecule has 1 heterocycles. The lowest BCUT2D eigenvalue weighted by molar-refractivity contribution is 1.01. The van der Waals surface area contributed by atoms with Crippen LogP contribution in [0.3, 0.4) is 0 Å². The number of nitrogens with zero attached hydrogens (tertiary/aromatic N) is 1. The van der Waals surface area contributed by atoms with Crippen molar-refractivity contribution in [1.29, 1.82) is 0 Å². The van der Waals surface area contributed by atoms with E-state index in [1.54, 1.807) is 0 Å². The van der Waals surface area contributed by atoms with E-state index in [1.165, 1.54) is 0 Å². The first-order valence-electron chi connectivity index (χ1n) is 6.23. The van der Waals surface area contributed by atoms with Gasteiger partial charge in [0.1, 0.15) is 0 Å². The highest BCUT2D eigenvalue weighted by atomic mass is 35.5. The number of benzene rings is 2. The van der Waals surface area contributed by atoms with Crippen molar-refractivity contribution < 1.29 is 0 Å². The minimum atomic E-state index is 0.375. The minimum absolute atomic E-state index is 0.375. The molecule has 0 aliphatic rings. The van der Waals surface area contributed by atoms with E-state index in [2.05, 4.69) is 4.98 Å². The molecule has 2 aromatic carbocycles. The summed E-state index contributed by atoms with van der Waals surface area (Å²) in [7, 11) is 0. The van der Waals surface area contributed by atoms with Crippen molar-refractivity contribution in [3.05, 3.63) is 64.4 Å². The molecule has 20 heavy (non-hydrogen) atoms. The van der Waals surface area contributed by atoms with Crippen LogP contribution < -0.4 is 5.73 Å². The Hall–Kier alpha value is -1.61. The van der Waals surface area contributed by atoms with Crippen molar-refractivity contribution in [2.45, 2.75) is 6.54 Å². The van der Waals surface area contributed by atoms with E-state index < -0.39 is 0 Å². The number of nitrogens with two attached hydrogens (primary N) is 1. The third-order valence-corrected chi connectivity index (χ3v) is 3.85. The average Bonchev–Trinajstić information content (AvgIpc) is 2.46. The standard InChI is InChI=1S/C16H12Cl2N2/c17-10-5-6-11-13(7-10)16(8-19)20-9-14(11)12-3-1-2-4-15(12)18/h1-7,9H,8,19H2. The van der Waals surface area contributed by atoms with E-state index in [1.807, 2.05) is 48.7 Å². The predicted molar refractivity (Wildman–Crippen MR) is 85.1 cm³/mol. The van der Waals surface area contributed by atoms with E-state index >= 15 is 0 Å². The van der Waals surface area contributed by atoms with Crippen molar-refractivity contribution in [2.24, 2.45) is 5.73 Å². The monoisotopic (exact) mass is 302 g/mol. The number of pyridine rings is 1. The van der Waals surface area contributed by atoms with Crippen LogP contribution in [0.5, 0.6) is 0 Å². The van der Waals surface area contributed by atoms with Gasteiger partial charge in [0.05, 0.1) is 5.69 Å². The largest absolute Gasteiger partial charge is 0.325 e. The highest BCUT2D eigenvalue weighted by Gasteiger charge is 2.11. The molecule has 0 radical (unpaired) electrons. The van der Waals surface area contributed by atoms with Gasteiger partial charge in [0.25, 0.3) is 0 Å². The molecule has 0 bridgehead atoms. The molecule has 0 spiro atoms. The van der Waals surface area contributed by atoms with Gasteiger partial charge >= 0.3 is 0 Å². The van der Waals surface area contributed by atoms with E-state index in [0.29, 0.717) is 16.6 Å². The van der Waals surface area contributed by atoms with Gasteiger partial charge in [0.15, 0.2) is 0 Å². The summed E-state index contributed by atoms with van der Waals surface area (Å²) in [6.07, 6.45) is 1.82. The average molecular weight is 303 g/mol. The van der Waals surface area contributed by atoms with Gasteiger partial charge in [0, 0.05) is 39.3 Å². The van der Waals surface area contributed by atoms with Crippen molar-refractivity contribution in [3.63, 3.8) is 0 Å². The molecule has 2 nitrogen and oxygen atoms in total. The number of hydrogen-bond acceptors (Lipinski definition) is 2. The zero-order chi connectivity index (χ0) is 14.1. The van der Waals surface area contributed by atoms with E-state index in [0.717, 1.165) is 27.6 Å². The lowest BCUT2D eigenvalue weighted by Crippen LogP contribution is -2.01. The molecule has 0 saturated carbocycles. The Morgan fingerprint density at radius 2 is 1.75 bits per heavy atom. The maximum atomic E-state index is 6.29. The molecule has 0 unspecified atom stereocenters. The molecular weight excluding hydrogens is 291 g/mol. The fourth-order valence-electron chi connectivity index (χ4n) is 2.33. The first-order valence-corrected chi connectivity index (χ1v) is 6.98. The van der Waals surface area contributed by atoms with Gasteiger partial charge in [-0.25, -0.2) is 0 Å². The van der Waals surface area contributed by atoms with Gasteiger partial charge in [-0.05, 0) is 23.6 Å². The Bertz CT molecular complexity index is 785. The second kappa shape index (κ2) is 5.41. The molecule has 0 saturated heterocycles. The number of halogens is 2. The van der Waals surface area contributed by atoms with Gasteiger partial charge in [-0.15, -0.1) is 0 Å². The van der Waals surface area contributed by atoms with E-state index in [4.69, 9.17) is 28.9 Å². The Balaban J connectivity index is 2.36. The molecule has 3 aromatic rings. The van der Waals surface area contributed by atoms with Crippen LogP contribution in [0, 0.1) is 0 Å². The highest BCUT2D eigenvalue weighted by Crippen LogP contribution is 2.34. The van der Waals surface area contributed by atoms with Gasteiger partial charge in [-0.1, -0.05) is 47.5 Å². The summed E-state index contributed by atoms with van der Waals surface area (Å²) < 4.78 is 0. The van der Waals surface area contributed by atoms with Crippen LogP contribution in [0.15, 0.2) is 48.7 Å². The molecule has 1 aromatic heterocycles. The van der Waals surface area contributed by atoms with Gasteiger partial charge in [-0.3, -0.25) is 4.98 Å². The van der Waals surface area contributed by atoms with Gasteiger partial charge < -0.3 is 5.73 Å². The van der Waals surface area contributed by atoms with Crippen molar-refractivity contribution in [2.75, 3.05) is 0 Å². The summed E-state index contributed by atoms with van der Waals surface area (Å²) in [4.78, 5) is 4.44. The Morgan fingerprint density at radius 1 is 0.950 bits per heavy atom. The van der Waals surface area contributed by atoms with E-state index in [-0.39, 0.29) is 0 Å². The van der Waals surface area contributed by atoms with Crippen molar-refractivity contribution in [1.82, 2.24) is 4.98 Å². The summed E-state index contributed by atoms with van der Waals surface area (Å²) >= 11 is 12.4. The normalized spacial score (nSPS) is 10.9. The smallest absolute Gasteiger partial charge is 0.0618 e. The molecule has 0 fully saturated rings. The maximum absolute atomic E-state index is 6.29. The second-order valence-electron chi connectivity index (χ2n) is 4.49. The Labute approximate surface area is 127 Å². The number of hydrogen-bond donors (Lipinski definition) is 1. The Morgan fingerprint density at radius 3 is 2.50 bits per heavy atom. The summed E-state index contributed by atoms with van der Waals surface area (Å²) in [6.45, 7) is 0.375. The molecule has 0 atom stereocenters. The van der Waals surface area contributed by atoms with E-state index in [9.17, 15) is 0 Å². The fraction of sp³-hybridized carbons (Fsp3) is 0.0625. The zero-order valence-electron chi connectivity index (χ0n) is 10.6. The molecule has 4 heteroatoms. The summed E-state index contributed by atoms with van der Waals surface area (Å²) in [6, 6.07) is 13.5. The first kappa shape index (κ1) is 13.4. The van der Waals surface area contributed by atoms with Crippen LogP contribution in [0.1, 0.15) is 5.69 Å². The summed E-state index contributed by atoms with van der Waals surface area (Å²) in [5.41, 5.74) is 8.53. The molecule has 0 amide bonds. The van der Waals surface area contributed by atoms with Crippen LogP contribution in [0.25, 0.3) is 21.9 Å². The maximum Gasteiger partial charge on any atom is 0.0618 e. The number of fused-ring (bicyclic) bond motifs is 1. The zero-order valence-corrected chi connectivity index (χ0v) is 12.1. The number of aromatic nitrogens is 1. The molecule has 100 valence electrons. The van der Waals surface area contributed by atoms with Crippen LogP contribution in [-0.2, 0) is 6.54 Å². The molecule has 3 rings (SSSR count). The molecule has 2 N–H and O–H groups in total. The van der Waals surface area contributed by atoms with Crippen molar-refractivity contribution >= 4 is 34.0 Å². The van der Waals surface area contributed by atoms with Crippen LogP contribution >= 0.6 is 23.2 Å². The van der Waals surface area contributed by atoms with Crippen LogP contribution in [0.4, 0.5) is 0 Å². The highest BCUT2D eigenvalue weighted by molar-refractivity contribution is 6.34. The third kappa shape index (κ3) is 2.27. The lowest BCUT2D eigenvalue weighted by atomic mass is 9.99. The molecular formula is C16H12Cl2N2. The van der Waals surface area contributed by atoms with Crippen LogP contribution in [0.2, 0.25) is 10.0 Å². The van der Waals surface area contributed by atoms with Gasteiger partial charge in [0.2, 0.25) is 0 Å². The number of rotatable bonds is 2. The van der Waals surface area contributed by atoms with Gasteiger partial charge in [-0.2, -0.15) is 0 Å². The second-order valence-corrected chi connectivity index (χ2v) is 5.34.